The minimum atomic E-state index is -0.324. The van der Waals surface area contributed by atoms with E-state index in [0.717, 1.165) is 11.3 Å². The molecule has 0 fully saturated rings. The molecule has 4 aromatic rings. The maximum Gasteiger partial charge on any atom is 0.258 e. The molecule has 0 aliphatic heterocycles. The van der Waals surface area contributed by atoms with Crippen LogP contribution < -0.4 is 5.32 Å². The number of nitrogens with zero attached hydrogens (tertiary/aromatic N) is 3. The highest BCUT2D eigenvalue weighted by Gasteiger charge is 2.16. The summed E-state index contributed by atoms with van der Waals surface area (Å²) in [5, 5.41) is 2.87. The fraction of sp³-hybridized carbons (Fsp3) is 0.100. The number of hydrogen-bond acceptors (Lipinski definition) is 4. The van der Waals surface area contributed by atoms with Crippen molar-refractivity contribution in [2.24, 2.45) is 0 Å². The number of amides is 1. The van der Waals surface area contributed by atoms with Gasteiger partial charge in [0.1, 0.15) is 17.2 Å². The van der Waals surface area contributed by atoms with Crippen LogP contribution in [0.1, 0.15) is 21.6 Å². The normalized spacial score (nSPS) is 10.9. The van der Waals surface area contributed by atoms with Crippen LogP contribution in [0, 0.1) is 19.7 Å². The van der Waals surface area contributed by atoms with Crippen molar-refractivity contribution < 1.29 is 9.18 Å². The van der Waals surface area contributed by atoms with Crippen molar-refractivity contribution in [3.8, 4) is 11.4 Å². The fourth-order valence-electron chi connectivity index (χ4n) is 2.86. The number of carbonyl (C=O) groups excluding carboxylic acids is 1. The molecule has 0 unspecified atom stereocenters. The SMILES string of the molecule is Cc1cc(C)c(NC(=O)c2ccnc3[nH]c(-c4ccc(F)cc4)nc23)cn1. The Labute approximate surface area is 154 Å². The molecule has 0 saturated carbocycles. The van der Waals surface area contributed by atoms with Crippen molar-refractivity contribution in [3.05, 3.63) is 71.4 Å². The number of aryl methyl sites for hydroxylation is 2. The molecule has 0 bridgehead atoms. The van der Waals surface area contributed by atoms with Crippen molar-refractivity contribution in [3.63, 3.8) is 0 Å². The van der Waals surface area contributed by atoms with Crippen molar-refractivity contribution in [1.82, 2.24) is 19.9 Å². The number of rotatable bonds is 3. The monoisotopic (exact) mass is 361 g/mol. The summed E-state index contributed by atoms with van der Waals surface area (Å²) in [6, 6.07) is 9.47. The molecule has 3 aromatic heterocycles. The van der Waals surface area contributed by atoms with E-state index >= 15 is 0 Å². The maximum atomic E-state index is 13.1. The molecule has 6 nitrogen and oxygen atoms in total. The third kappa shape index (κ3) is 3.27. The second-order valence-corrected chi connectivity index (χ2v) is 6.24. The van der Waals surface area contributed by atoms with Crippen LogP contribution in [0.3, 0.4) is 0 Å². The molecule has 0 aliphatic rings. The predicted molar refractivity (Wildman–Crippen MR) is 101 cm³/mol. The van der Waals surface area contributed by atoms with Crippen LogP contribution in [0.2, 0.25) is 0 Å². The second kappa shape index (κ2) is 6.60. The first-order chi connectivity index (χ1) is 13.0. The third-order valence-electron chi connectivity index (χ3n) is 4.24. The van der Waals surface area contributed by atoms with E-state index in [4.69, 9.17) is 0 Å². The average molecular weight is 361 g/mol. The standard InChI is InChI=1S/C20H16FN5O/c1-11-9-12(2)23-10-16(11)24-20(27)15-7-8-22-19-17(15)25-18(26-19)13-3-5-14(21)6-4-13/h3-10H,1-2H3,(H,24,27)(H,22,25,26). The molecule has 0 radical (unpaired) electrons. The number of nitrogens with one attached hydrogen (secondary N) is 2. The van der Waals surface area contributed by atoms with E-state index in [1.54, 1.807) is 30.6 Å². The van der Waals surface area contributed by atoms with E-state index in [1.807, 2.05) is 19.9 Å². The van der Waals surface area contributed by atoms with Crippen molar-refractivity contribution in [2.75, 3.05) is 5.32 Å². The van der Waals surface area contributed by atoms with Gasteiger partial charge in [-0.3, -0.25) is 9.78 Å². The lowest BCUT2D eigenvalue weighted by Crippen LogP contribution is -2.14. The van der Waals surface area contributed by atoms with Crippen LogP contribution in [-0.4, -0.2) is 25.8 Å². The number of carbonyl (C=O) groups is 1. The largest absolute Gasteiger partial charge is 0.323 e. The predicted octanol–water partition coefficient (Wildman–Crippen LogP) is 4.03. The Hall–Kier alpha value is -3.61. The van der Waals surface area contributed by atoms with E-state index in [1.165, 1.54) is 12.1 Å². The number of halogens is 1. The summed E-state index contributed by atoms with van der Waals surface area (Å²) in [5.74, 6) is -0.102. The summed E-state index contributed by atoms with van der Waals surface area (Å²) < 4.78 is 13.1. The van der Waals surface area contributed by atoms with Crippen molar-refractivity contribution in [2.45, 2.75) is 13.8 Å². The second-order valence-electron chi connectivity index (χ2n) is 6.24. The molecule has 0 saturated heterocycles. The van der Waals surface area contributed by atoms with Gasteiger partial charge in [0.25, 0.3) is 5.91 Å². The molecule has 4 rings (SSSR count). The molecule has 7 heteroatoms. The lowest BCUT2D eigenvalue weighted by atomic mass is 10.2. The smallest absolute Gasteiger partial charge is 0.258 e. The highest BCUT2D eigenvalue weighted by molar-refractivity contribution is 6.11. The molecule has 0 spiro atoms. The Balaban J connectivity index is 1.71. The lowest BCUT2D eigenvalue weighted by Gasteiger charge is -2.08. The first-order valence-electron chi connectivity index (χ1n) is 8.36. The molecular formula is C20H16FN5O. The van der Waals surface area contributed by atoms with Crippen LogP contribution in [0.4, 0.5) is 10.1 Å². The maximum absolute atomic E-state index is 13.1. The first kappa shape index (κ1) is 16.8. The molecule has 1 amide bonds. The highest BCUT2D eigenvalue weighted by Crippen LogP contribution is 2.23. The molecule has 27 heavy (non-hydrogen) atoms. The van der Waals surface area contributed by atoms with Gasteiger partial charge in [-0.05, 0) is 55.8 Å². The zero-order valence-corrected chi connectivity index (χ0v) is 14.7. The molecule has 3 heterocycles. The van der Waals surface area contributed by atoms with Gasteiger partial charge in [-0.2, -0.15) is 0 Å². The fourth-order valence-corrected chi connectivity index (χ4v) is 2.86. The Morgan fingerprint density at radius 1 is 1.11 bits per heavy atom. The topological polar surface area (TPSA) is 83.6 Å². The van der Waals surface area contributed by atoms with Crippen molar-refractivity contribution >= 4 is 22.8 Å². The van der Waals surface area contributed by atoms with E-state index in [2.05, 4.69) is 25.3 Å². The first-order valence-corrected chi connectivity index (χ1v) is 8.36. The summed E-state index contributed by atoms with van der Waals surface area (Å²) in [6.07, 6.45) is 3.18. The van der Waals surface area contributed by atoms with Gasteiger partial charge in [0.15, 0.2) is 5.65 Å². The summed E-state index contributed by atoms with van der Waals surface area (Å²) in [4.78, 5) is 28.8. The van der Waals surface area contributed by atoms with Gasteiger partial charge in [-0.1, -0.05) is 0 Å². The number of aromatic nitrogens is 4. The molecule has 1 aromatic carbocycles. The van der Waals surface area contributed by atoms with E-state index in [9.17, 15) is 9.18 Å². The minimum absolute atomic E-state index is 0.298. The van der Waals surface area contributed by atoms with Crippen LogP contribution in [0.15, 0.2) is 48.8 Å². The number of fused-ring (bicyclic) bond motifs is 1. The number of aromatic amines is 1. The zero-order valence-electron chi connectivity index (χ0n) is 14.7. The summed E-state index contributed by atoms with van der Waals surface area (Å²) >= 11 is 0. The van der Waals surface area contributed by atoms with Gasteiger partial charge >= 0.3 is 0 Å². The summed E-state index contributed by atoms with van der Waals surface area (Å²) in [5.41, 5.74) is 4.49. The minimum Gasteiger partial charge on any atom is -0.323 e. The number of H-pyrrole nitrogens is 1. The molecule has 2 N–H and O–H groups in total. The quantitative estimate of drug-likeness (QED) is 0.577. The average Bonchev–Trinajstić information content (AvgIpc) is 3.08. The molecule has 134 valence electrons. The van der Waals surface area contributed by atoms with Crippen LogP contribution in [-0.2, 0) is 0 Å². The molecule has 0 atom stereocenters. The number of anilines is 1. The Morgan fingerprint density at radius 2 is 1.89 bits per heavy atom. The van der Waals surface area contributed by atoms with Gasteiger partial charge < -0.3 is 10.3 Å². The van der Waals surface area contributed by atoms with Crippen molar-refractivity contribution in [1.29, 1.82) is 0 Å². The molecule has 0 aliphatic carbocycles. The highest BCUT2D eigenvalue weighted by atomic mass is 19.1. The van der Waals surface area contributed by atoms with Crippen LogP contribution in [0.5, 0.6) is 0 Å². The Bertz CT molecular complexity index is 1150. The van der Waals surface area contributed by atoms with E-state index < -0.39 is 0 Å². The number of benzene rings is 1. The number of pyridine rings is 2. The molecular weight excluding hydrogens is 345 g/mol. The van der Waals surface area contributed by atoms with Gasteiger partial charge in [-0.15, -0.1) is 0 Å². The van der Waals surface area contributed by atoms with Gasteiger partial charge in [0.05, 0.1) is 17.4 Å². The van der Waals surface area contributed by atoms with Crippen LogP contribution in [0.25, 0.3) is 22.6 Å². The lowest BCUT2D eigenvalue weighted by molar-refractivity contribution is 0.102. The Morgan fingerprint density at radius 3 is 2.63 bits per heavy atom. The Kier molecular flexibility index (Phi) is 4.12. The van der Waals surface area contributed by atoms with Crippen LogP contribution >= 0.6 is 0 Å². The van der Waals surface area contributed by atoms with E-state index in [-0.39, 0.29) is 11.7 Å². The van der Waals surface area contributed by atoms with Gasteiger partial charge in [-0.25, -0.2) is 14.4 Å². The van der Waals surface area contributed by atoms with Gasteiger partial charge in [0.2, 0.25) is 0 Å². The third-order valence-corrected chi connectivity index (χ3v) is 4.24. The van der Waals surface area contributed by atoms with Gasteiger partial charge in [0, 0.05) is 17.5 Å². The number of imidazole rings is 1. The summed E-state index contributed by atoms with van der Waals surface area (Å²) in [6.45, 7) is 3.80. The number of hydrogen-bond donors (Lipinski definition) is 2. The zero-order chi connectivity index (χ0) is 19.0. The summed E-state index contributed by atoms with van der Waals surface area (Å²) in [7, 11) is 0. The van der Waals surface area contributed by atoms with E-state index in [0.29, 0.717) is 33.8 Å².